The number of benzene rings is 1. The van der Waals surface area contributed by atoms with Gasteiger partial charge in [-0.05, 0) is 18.2 Å². The molecule has 0 saturated carbocycles. The third-order valence-corrected chi connectivity index (χ3v) is 2.38. The largest absolute Gasteiger partial charge is 0.484 e. The summed E-state index contributed by atoms with van der Waals surface area (Å²) in [6, 6.07) is 5.60. The predicted molar refractivity (Wildman–Crippen MR) is 60.1 cm³/mol. The summed E-state index contributed by atoms with van der Waals surface area (Å²) in [5.74, 6) is 0.511. The van der Waals surface area contributed by atoms with Crippen LogP contribution in [0.5, 0.6) is 5.75 Å². The van der Waals surface area contributed by atoms with Gasteiger partial charge in [-0.25, -0.2) is 4.39 Å². The van der Waals surface area contributed by atoms with Gasteiger partial charge in [-0.1, -0.05) is 16.8 Å². The molecule has 0 unspecified atom stereocenters. The van der Waals surface area contributed by atoms with Crippen molar-refractivity contribution in [2.45, 2.75) is 13.2 Å². The van der Waals surface area contributed by atoms with Gasteiger partial charge < -0.3 is 15.0 Å². The van der Waals surface area contributed by atoms with Gasteiger partial charge in [0.2, 0.25) is 0 Å². The fourth-order valence-corrected chi connectivity index (χ4v) is 1.48. The van der Waals surface area contributed by atoms with Crippen LogP contribution >= 0.6 is 11.6 Å². The lowest BCUT2D eigenvalue weighted by atomic mass is 10.3. The van der Waals surface area contributed by atoms with Gasteiger partial charge in [0, 0.05) is 12.6 Å². The lowest BCUT2D eigenvalue weighted by Gasteiger charge is -2.05. The van der Waals surface area contributed by atoms with Crippen LogP contribution in [-0.4, -0.2) is 5.16 Å². The molecule has 0 atom stereocenters. The van der Waals surface area contributed by atoms with Crippen molar-refractivity contribution in [3.8, 4) is 5.75 Å². The molecule has 0 aliphatic rings. The summed E-state index contributed by atoms with van der Waals surface area (Å²) >= 11 is 5.80. The average Bonchev–Trinajstić information content (AvgIpc) is 2.76. The number of hydrogen-bond acceptors (Lipinski definition) is 4. The quantitative estimate of drug-likeness (QED) is 0.913. The maximum absolute atomic E-state index is 12.8. The number of aromatic nitrogens is 1. The van der Waals surface area contributed by atoms with Gasteiger partial charge in [0.1, 0.15) is 18.2 Å². The highest BCUT2D eigenvalue weighted by Crippen LogP contribution is 2.25. The second-order valence-electron chi connectivity index (χ2n) is 3.35. The van der Waals surface area contributed by atoms with Crippen molar-refractivity contribution in [3.05, 3.63) is 46.6 Å². The van der Waals surface area contributed by atoms with E-state index < -0.39 is 5.82 Å². The van der Waals surface area contributed by atoms with Crippen LogP contribution in [0.2, 0.25) is 5.02 Å². The standard InChI is InChI=1S/C11H10ClFN2O2/c12-10-3-7(13)1-2-11(10)16-6-9-4-8(5-14)15-17-9/h1-4H,5-6,14H2. The lowest BCUT2D eigenvalue weighted by Crippen LogP contribution is -1.96. The third-order valence-electron chi connectivity index (χ3n) is 2.08. The molecule has 90 valence electrons. The van der Waals surface area contributed by atoms with E-state index in [0.29, 0.717) is 23.7 Å². The van der Waals surface area contributed by atoms with Crippen LogP contribution in [0.1, 0.15) is 11.5 Å². The Morgan fingerprint density at radius 2 is 2.24 bits per heavy atom. The normalized spacial score (nSPS) is 10.5. The molecule has 1 aromatic heterocycles. The van der Waals surface area contributed by atoms with Gasteiger partial charge >= 0.3 is 0 Å². The fraction of sp³-hybridized carbons (Fsp3) is 0.182. The Kier molecular flexibility index (Phi) is 3.61. The van der Waals surface area contributed by atoms with E-state index >= 15 is 0 Å². The highest BCUT2D eigenvalue weighted by atomic mass is 35.5. The molecule has 0 saturated heterocycles. The Morgan fingerprint density at radius 3 is 2.88 bits per heavy atom. The predicted octanol–water partition coefficient (Wildman–Crippen LogP) is 2.50. The van der Waals surface area contributed by atoms with E-state index in [1.54, 1.807) is 6.07 Å². The van der Waals surface area contributed by atoms with Crippen molar-refractivity contribution < 1.29 is 13.7 Å². The van der Waals surface area contributed by atoms with Gasteiger partial charge in [-0.15, -0.1) is 0 Å². The molecule has 0 radical (unpaired) electrons. The molecule has 6 heteroatoms. The van der Waals surface area contributed by atoms with Crippen molar-refractivity contribution in [2.24, 2.45) is 5.73 Å². The van der Waals surface area contributed by atoms with Crippen LogP contribution < -0.4 is 10.5 Å². The van der Waals surface area contributed by atoms with E-state index in [9.17, 15) is 4.39 Å². The number of hydrogen-bond donors (Lipinski definition) is 1. The first kappa shape index (κ1) is 11.9. The Bertz CT molecular complexity index is 516. The highest BCUT2D eigenvalue weighted by Gasteiger charge is 2.06. The number of ether oxygens (including phenoxy) is 1. The first-order chi connectivity index (χ1) is 8.19. The summed E-state index contributed by atoms with van der Waals surface area (Å²) in [6.45, 7) is 0.471. The maximum Gasteiger partial charge on any atom is 0.174 e. The van der Waals surface area contributed by atoms with E-state index in [4.69, 9.17) is 26.6 Å². The Labute approximate surface area is 102 Å². The molecule has 0 aliphatic heterocycles. The third kappa shape index (κ3) is 2.95. The van der Waals surface area contributed by atoms with E-state index in [2.05, 4.69) is 5.16 Å². The number of nitrogens with zero attached hydrogens (tertiary/aromatic N) is 1. The second-order valence-corrected chi connectivity index (χ2v) is 3.76. The molecule has 2 N–H and O–H groups in total. The van der Waals surface area contributed by atoms with Crippen molar-refractivity contribution in [3.63, 3.8) is 0 Å². The number of nitrogens with two attached hydrogens (primary N) is 1. The first-order valence-corrected chi connectivity index (χ1v) is 5.29. The zero-order valence-electron chi connectivity index (χ0n) is 8.82. The van der Waals surface area contributed by atoms with Gasteiger partial charge in [0.05, 0.1) is 10.7 Å². The van der Waals surface area contributed by atoms with Crippen molar-refractivity contribution >= 4 is 11.6 Å². The van der Waals surface area contributed by atoms with Crippen molar-refractivity contribution in [1.82, 2.24) is 5.16 Å². The first-order valence-electron chi connectivity index (χ1n) is 4.91. The van der Waals surface area contributed by atoms with Gasteiger partial charge in [-0.2, -0.15) is 0 Å². The molecular formula is C11H10ClFN2O2. The minimum atomic E-state index is -0.410. The molecule has 1 aromatic carbocycles. The summed E-state index contributed by atoms with van der Waals surface area (Å²) in [4.78, 5) is 0. The monoisotopic (exact) mass is 256 g/mol. The molecule has 2 rings (SSSR count). The smallest absolute Gasteiger partial charge is 0.174 e. The molecule has 0 spiro atoms. The molecule has 1 heterocycles. The Balaban J connectivity index is 2.02. The minimum Gasteiger partial charge on any atom is -0.484 e. The van der Waals surface area contributed by atoms with Crippen LogP contribution in [0.25, 0.3) is 0 Å². The summed E-state index contributed by atoms with van der Waals surface area (Å²) < 4.78 is 23.1. The van der Waals surface area contributed by atoms with E-state index in [0.717, 1.165) is 0 Å². The molecule has 0 amide bonds. The highest BCUT2D eigenvalue weighted by molar-refractivity contribution is 6.32. The summed E-state index contributed by atoms with van der Waals surface area (Å²) in [7, 11) is 0. The zero-order valence-corrected chi connectivity index (χ0v) is 9.58. The van der Waals surface area contributed by atoms with E-state index in [-0.39, 0.29) is 11.6 Å². The second kappa shape index (κ2) is 5.16. The van der Waals surface area contributed by atoms with Crippen LogP contribution in [0, 0.1) is 5.82 Å². The van der Waals surface area contributed by atoms with Crippen LogP contribution in [0.4, 0.5) is 4.39 Å². The fourth-order valence-electron chi connectivity index (χ4n) is 1.26. The van der Waals surface area contributed by atoms with Crippen LogP contribution in [-0.2, 0) is 13.2 Å². The van der Waals surface area contributed by atoms with Crippen LogP contribution in [0.15, 0.2) is 28.8 Å². The molecular weight excluding hydrogens is 247 g/mol. The zero-order chi connectivity index (χ0) is 12.3. The van der Waals surface area contributed by atoms with Gasteiger partial charge in [0.15, 0.2) is 5.76 Å². The SMILES string of the molecule is NCc1cc(COc2ccc(F)cc2Cl)on1. The van der Waals surface area contributed by atoms with E-state index in [1.165, 1.54) is 18.2 Å². The molecule has 0 bridgehead atoms. The Morgan fingerprint density at radius 1 is 1.41 bits per heavy atom. The van der Waals surface area contributed by atoms with Gasteiger partial charge in [-0.3, -0.25) is 0 Å². The van der Waals surface area contributed by atoms with Crippen molar-refractivity contribution in [1.29, 1.82) is 0 Å². The molecule has 0 aliphatic carbocycles. The summed E-state index contributed by atoms with van der Waals surface area (Å²) in [6.07, 6.45) is 0. The molecule has 2 aromatic rings. The molecule has 0 fully saturated rings. The van der Waals surface area contributed by atoms with E-state index in [1.807, 2.05) is 0 Å². The van der Waals surface area contributed by atoms with Gasteiger partial charge in [0.25, 0.3) is 0 Å². The lowest BCUT2D eigenvalue weighted by molar-refractivity contribution is 0.248. The maximum atomic E-state index is 12.8. The number of rotatable bonds is 4. The molecule has 17 heavy (non-hydrogen) atoms. The molecule has 4 nitrogen and oxygen atoms in total. The summed E-state index contributed by atoms with van der Waals surface area (Å²) in [5, 5.41) is 3.92. The Hall–Kier alpha value is -1.59. The van der Waals surface area contributed by atoms with Crippen LogP contribution in [0.3, 0.4) is 0 Å². The number of halogens is 2. The topological polar surface area (TPSA) is 61.3 Å². The minimum absolute atomic E-state index is 0.165. The summed E-state index contributed by atoms with van der Waals surface area (Å²) in [5.41, 5.74) is 6.03. The average molecular weight is 257 g/mol. The van der Waals surface area contributed by atoms with Crippen molar-refractivity contribution in [2.75, 3.05) is 0 Å².